The summed E-state index contributed by atoms with van der Waals surface area (Å²) in [5.41, 5.74) is 1.94. The third-order valence-electron chi connectivity index (χ3n) is 7.36. The van der Waals surface area contributed by atoms with E-state index >= 15 is 0 Å². The lowest BCUT2D eigenvalue weighted by atomic mass is 10.1. The Labute approximate surface area is 246 Å². The molecule has 4 amide bonds. The van der Waals surface area contributed by atoms with Crippen molar-refractivity contribution in [1.29, 1.82) is 0 Å². The molecule has 1 aromatic carbocycles. The number of carbonyl (C=O) groups excluding carboxylic acids is 4. The van der Waals surface area contributed by atoms with E-state index in [2.05, 4.69) is 20.6 Å². The van der Waals surface area contributed by atoms with Crippen LogP contribution in [0, 0.1) is 6.92 Å². The zero-order chi connectivity index (χ0) is 30.2. The van der Waals surface area contributed by atoms with Crippen LogP contribution in [-0.4, -0.2) is 103 Å². The molecular formula is C30H39N7O5. The largest absolute Gasteiger partial charge is 0.496 e. The van der Waals surface area contributed by atoms with Gasteiger partial charge in [-0.3, -0.25) is 29.5 Å². The fourth-order valence-electron chi connectivity index (χ4n) is 5.00. The number of carbonyl (C=O) groups is 4. The van der Waals surface area contributed by atoms with Crippen LogP contribution >= 0.6 is 0 Å². The second-order valence-corrected chi connectivity index (χ2v) is 10.7. The molecule has 2 saturated heterocycles. The van der Waals surface area contributed by atoms with E-state index in [1.807, 2.05) is 13.0 Å². The number of amides is 4. The Morgan fingerprint density at radius 3 is 2.45 bits per heavy atom. The fraction of sp³-hybridized carbons (Fsp3) is 0.467. The van der Waals surface area contributed by atoms with E-state index in [9.17, 15) is 19.2 Å². The molecule has 4 rings (SSSR count). The number of pyridine rings is 1. The molecule has 0 aliphatic carbocycles. The number of aryl methyl sites for hydroxylation is 1. The molecule has 3 heterocycles. The summed E-state index contributed by atoms with van der Waals surface area (Å²) in [6, 6.07) is 7.64. The number of anilines is 1. The van der Waals surface area contributed by atoms with Gasteiger partial charge in [-0.2, -0.15) is 0 Å². The minimum atomic E-state index is -0.778. The summed E-state index contributed by atoms with van der Waals surface area (Å²) < 4.78 is 5.36. The van der Waals surface area contributed by atoms with Crippen molar-refractivity contribution in [3.63, 3.8) is 0 Å². The molecule has 2 aliphatic heterocycles. The molecule has 1 aromatic heterocycles. The van der Waals surface area contributed by atoms with E-state index in [1.165, 1.54) is 23.2 Å². The maximum absolute atomic E-state index is 13.6. The maximum atomic E-state index is 13.6. The van der Waals surface area contributed by atoms with Gasteiger partial charge >= 0.3 is 0 Å². The summed E-state index contributed by atoms with van der Waals surface area (Å²) in [6.45, 7) is 3.86. The molecule has 2 aromatic rings. The van der Waals surface area contributed by atoms with Gasteiger partial charge in [-0.25, -0.2) is 4.99 Å². The van der Waals surface area contributed by atoms with E-state index in [-0.39, 0.29) is 41.5 Å². The Morgan fingerprint density at radius 2 is 1.81 bits per heavy atom. The number of aromatic nitrogens is 1. The number of nitrogens with zero attached hydrogens (tertiary/aromatic N) is 5. The van der Waals surface area contributed by atoms with Crippen molar-refractivity contribution < 1.29 is 23.9 Å². The second-order valence-electron chi connectivity index (χ2n) is 10.7. The summed E-state index contributed by atoms with van der Waals surface area (Å²) in [6.07, 6.45) is 5.29. The van der Waals surface area contributed by atoms with Crippen LogP contribution in [0.2, 0.25) is 0 Å². The Balaban J connectivity index is 1.57. The lowest BCUT2D eigenvalue weighted by Crippen LogP contribution is -2.45. The molecular weight excluding hydrogens is 538 g/mol. The highest BCUT2D eigenvalue weighted by Crippen LogP contribution is 2.22. The zero-order valence-corrected chi connectivity index (χ0v) is 24.7. The standard InChI is InChI=1S/C30H39N7O5/c1-20-17-22(11-13-25(20)42-4)32-30(34-27(39)21-10-12-23(31-18-21)28(40)35(2)3)33-24-9-5-6-16-37(29(24)41)19-26(38)36-14-7-8-15-36/h10-13,17-18,24H,5-9,14-16,19H2,1-4H3,(H2,32,33,34,39). The number of methoxy groups -OCH3 is 1. The zero-order valence-electron chi connectivity index (χ0n) is 24.7. The SMILES string of the molecule is COc1ccc(NC(=NC2CCCCN(CC(=O)N3CCCC3)C2=O)NC(=O)c2ccc(C(=O)N(C)C)nc2)cc1C. The molecule has 42 heavy (non-hydrogen) atoms. The molecule has 224 valence electrons. The number of aliphatic imine (C=N–C) groups is 1. The molecule has 2 aliphatic rings. The summed E-state index contributed by atoms with van der Waals surface area (Å²) >= 11 is 0. The van der Waals surface area contributed by atoms with Crippen molar-refractivity contribution in [1.82, 2.24) is 25.0 Å². The van der Waals surface area contributed by atoms with E-state index in [0.29, 0.717) is 24.4 Å². The number of hydrogen-bond acceptors (Lipinski definition) is 7. The Morgan fingerprint density at radius 1 is 1.07 bits per heavy atom. The van der Waals surface area contributed by atoms with Crippen LogP contribution < -0.4 is 15.4 Å². The van der Waals surface area contributed by atoms with Crippen LogP contribution in [0.15, 0.2) is 41.5 Å². The molecule has 12 nitrogen and oxygen atoms in total. The molecule has 1 atom stereocenters. The lowest BCUT2D eigenvalue weighted by molar-refractivity contribution is -0.140. The number of rotatable bonds is 7. The van der Waals surface area contributed by atoms with Gasteiger partial charge in [0, 0.05) is 45.6 Å². The van der Waals surface area contributed by atoms with Gasteiger partial charge in [0.2, 0.25) is 17.8 Å². The van der Waals surface area contributed by atoms with Crippen LogP contribution in [-0.2, 0) is 9.59 Å². The third kappa shape index (κ3) is 7.62. The molecule has 0 saturated carbocycles. The number of likely N-dealkylation sites (tertiary alicyclic amines) is 2. The first-order valence-corrected chi connectivity index (χ1v) is 14.2. The molecule has 0 radical (unpaired) electrons. The van der Waals surface area contributed by atoms with E-state index < -0.39 is 11.9 Å². The summed E-state index contributed by atoms with van der Waals surface area (Å²) in [7, 11) is 4.84. The molecule has 2 fully saturated rings. The Bertz CT molecular complexity index is 1340. The van der Waals surface area contributed by atoms with Crippen molar-refractivity contribution in [2.75, 3.05) is 52.7 Å². The van der Waals surface area contributed by atoms with Crippen LogP contribution in [0.3, 0.4) is 0 Å². The van der Waals surface area contributed by atoms with Crippen molar-refractivity contribution in [3.05, 3.63) is 53.3 Å². The number of guanidine groups is 1. The van der Waals surface area contributed by atoms with Crippen LogP contribution in [0.1, 0.15) is 58.5 Å². The predicted octanol–water partition coefficient (Wildman–Crippen LogP) is 2.30. The van der Waals surface area contributed by atoms with E-state index in [4.69, 9.17) is 4.74 Å². The van der Waals surface area contributed by atoms with E-state index in [0.717, 1.165) is 44.3 Å². The molecule has 12 heteroatoms. The molecule has 2 N–H and O–H groups in total. The highest BCUT2D eigenvalue weighted by molar-refractivity contribution is 6.10. The monoisotopic (exact) mass is 577 g/mol. The molecule has 0 bridgehead atoms. The van der Waals surface area contributed by atoms with Crippen LogP contribution in [0.5, 0.6) is 5.75 Å². The highest BCUT2D eigenvalue weighted by atomic mass is 16.5. The van der Waals surface area contributed by atoms with E-state index in [1.54, 1.807) is 43.1 Å². The van der Waals surface area contributed by atoms with Crippen molar-refractivity contribution in [2.24, 2.45) is 4.99 Å². The highest BCUT2D eigenvalue weighted by Gasteiger charge is 2.30. The van der Waals surface area contributed by atoms with Gasteiger partial charge in [0.1, 0.15) is 17.5 Å². The van der Waals surface area contributed by atoms with Crippen molar-refractivity contribution in [3.8, 4) is 5.75 Å². The minimum absolute atomic E-state index is 0.0291. The summed E-state index contributed by atoms with van der Waals surface area (Å²) in [5.74, 6) is -0.282. The van der Waals surface area contributed by atoms with Gasteiger partial charge in [-0.15, -0.1) is 0 Å². The summed E-state index contributed by atoms with van der Waals surface area (Å²) in [4.78, 5) is 65.4. The van der Waals surface area contributed by atoms with Gasteiger partial charge in [0.25, 0.3) is 11.8 Å². The van der Waals surface area contributed by atoms with Gasteiger partial charge in [-0.1, -0.05) is 0 Å². The Kier molecular flexibility index (Phi) is 10.1. The van der Waals surface area contributed by atoms with Crippen LogP contribution in [0.25, 0.3) is 0 Å². The first-order chi connectivity index (χ1) is 20.2. The van der Waals surface area contributed by atoms with Crippen LogP contribution in [0.4, 0.5) is 5.69 Å². The van der Waals surface area contributed by atoms with Gasteiger partial charge in [0.05, 0.1) is 19.2 Å². The fourth-order valence-corrected chi connectivity index (χ4v) is 5.00. The average molecular weight is 578 g/mol. The molecule has 1 unspecified atom stereocenters. The van der Waals surface area contributed by atoms with Gasteiger partial charge in [0.15, 0.2) is 0 Å². The van der Waals surface area contributed by atoms with Gasteiger partial charge in [-0.05, 0) is 74.9 Å². The maximum Gasteiger partial charge on any atom is 0.271 e. The summed E-state index contributed by atoms with van der Waals surface area (Å²) in [5, 5.41) is 5.92. The number of benzene rings is 1. The number of nitrogens with one attached hydrogen (secondary N) is 2. The first-order valence-electron chi connectivity index (χ1n) is 14.2. The Hall–Kier alpha value is -4.48. The van der Waals surface area contributed by atoms with Crippen molar-refractivity contribution >= 4 is 35.3 Å². The third-order valence-corrected chi connectivity index (χ3v) is 7.36. The average Bonchev–Trinajstić information content (AvgIpc) is 3.47. The second kappa shape index (κ2) is 13.9. The normalized spacial score (nSPS) is 17.5. The minimum Gasteiger partial charge on any atom is -0.496 e. The van der Waals surface area contributed by atoms with Gasteiger partial charge < -0.3 is 24.8 Å². The number of hydrogen-bond donors (Lipinski definition) is 2. The smallest absolute Gasteiger partial charge is 0.271 e. The van der Waals surface area contributed by atoms with Crippen molar-refractivity contribution in [2.45, 2.75) is 45.1 Å². The number of ether oxygens (including phenoxy) is 1. The first kappa shape index (κ1) is 30.5. The lowest BCUT2D eigenvalue weighted by Gasteiger charge is -2.25. The predicted molar refractivity (Wildman–Crippen MR) is 159 cm³/mol. The molecule has 0 spiro atoms. The topological polar surface area (TPSA) is 137 Å². The quantitative estimate of drug-likeness (QED) is 0.381.